The second-order valence-electron chi connectivity index (χ2n) is 8.30. The van der Waals surface area contributed by atoms with Crippen LogP contribution in [0.4, 0.5) is 5.69 Å². The number of anilines is 1. The standard InChI is InChI=1S/C21H35ClN6/c1-17(2)20(27-10-8-25(3)9-11-27)16-24-21(23)28-14-12-26(13-15-28)19-6-4-18(22)5-7-19/h4-7,17,20H,8-16H2,1-3H3,(H2,23,24). The number of likely N-dealkylation sites (N-methyl/N-ethyl adjacent to an activating group) is 1. The van der Waals surface area contributed by atoms with Crippen LogP contribution in [-0.2, 0) is 0 Å². The topological polar surface area (TPSA) is 51.3 Å². The third kappa shape index (κ3) is 5.52. The summed E-state index contributed by atoms with van der Waals surface area (Å²) in [6.45, 7) is 13.6. The van der Waals surface area contributed by atoms with Gasteiger partial charge in [0, 0.05) is 69.1 Å². The van der Waals surface area contributed by atoms with Crippen LogP contribution in [0.5, 0.6) is 0 Å². The number of halogens is 1. The molecule has 2 aliphatic rings. The SMILES string of the molecule is CC(C)C(CN=C(N)N1CCN(c2ccc(Cl)cc2)CC1)N1CCN(C)CC1. The maximum Gasteiger partial charge on any atom is 0.191 e. The number of aliphatic imine (C=N–C) groups is 1. The van der Waals surface area contributed by atoms with Gasteiger partial charge in [-0.3, -0.25) is 9.89 Å². The molecule has 2 fully saturated rings. The molecule has 0 amide bonds. The zero-order chi connectivity index (χ0) is 20.1. The molecular weight excluding hydrogens is 372 g/mol. The highest BCUT2D eigenvalue weighted by atomic mass is 35.5. The highest BCUT2D eigenvalue weighted by Gasteiger charge is 2.25. The van der Waals surface area contributed by atoms with Crippen LogP contribution in [0, 0.1) is 5.92 Å². The molecule has 156 valence electrons. The monoisotopic (exact) mass is 406 g/mol. The summed E-state index contributed by atoms with van der Waals surface area (Å²) in [7, 11) is 2.20. The molecule has 2 N–H and O–H groups in total. The second kappa shape index (κ2) is 9.81. The molecule has 3 rings (SSSR count). The molecule has 2 aliphatic heterocycles. The Morgan fingerprint density at radius 2 is 1.61 bits per heavy atom. The summed E-state index contributed by atoms with van der Waals surface area (Å²) < 4.78 is 0. The minimum Gasteiger partial charge on any atom is -0.370 e. The van der Waals surface area contributed by atoms with Crippen molar-refractivity contribution in [2.45, 2.75) is 19.9 Å². The van der Waals surface area contributed by atoms with Gasteiger partial charge >= 0.3 is 0 Å². The average molecular weight is 407 g/mol. The lowest BCUT2D eigenvalue weighted by Gasteiger charge is -2.39. The van der Waals surface area contributed by atoms with Gasteiger partial charge in [-0.25, -0.2) is 0 Å². The van der Waals surface area contributed by atoms with Crippen LogP contribution in [-0.4, -0.2) is 92.7 Å². The van der Waals surface area contributed by atoms with Crippen molar-refractivity contribution >= 4 is 23.2 Å². The molecule has 7 heteroatoms. The van der Waals surface area contributed by atoms with Crippen molar-refractivity contribution < 1.29 is 0 Å². The van der Waals surface area contributed by atoms with Gasteiger partial charge in [-0.2, -0.15) is 0 Å². The summed E-state index contributed by atoms with van der Waals surface area (Å²) in [5, 5.41) is 0.777. The number of guanidine groups is 1. The summed E-state index contributed by atoms with van der Waals surface area (Å²) in [5.74, 6) is 1.26. The molecule has 0 saturated carbocycles. The van der Waals surface area contributed by atoms with Crippen molar-refractivity contribution in [1.82, 2.24) is 14.7 Å². The Labute approximate surface area is 174 Å². The number of nitrogens with two attached hydrogens (primary N) is 1. The van der Waals surface area contributed by atoms with Crippen LogP contribution in [0.15, 0.2) is 29.3 Å². The van der Waals surface area contributed by atoms with E-state index in [1.807, 2.05) is 12.1 Å². The highest BCUT2D eigenvalue weighted by Crippen LogP contribution is 2.19. The van der Waals surface area contributed by atoms with Gasteiger partial charge in [0.2, 0.25) is 0 Å². The maximum absolute atomic E-state index is 6.37. The molecule has 0 spiro atoms. The van der Waals surface area contributed by atoms with E-state index in [-0.39, 0.29) is 0 Å². The van der Waals surface area contributed by atoms with Gasteiger partial charge in [-0.05, 0) is 37.2 Å². The van der Waals surface area contributed by atoms with Crippen LogP contribution in [0.25, 0.3) is 0 Å². The Hall–Kier alpha value is -1.50. The number of hydrogen-bond acceptors (Lipinski definition) is 4. The maximum atomic E-state index is 6.37. The molecule has 1 aromatic carbocycles. The van der Waals surface area contributed by atoms with Crippen LogP contribution in [0.1, 0.15) is 13.8 Å². The summed E-state index contributed by atoms with van der Waals surface area (Å²) in [6, 6.07) is 8.52. The number of benzene rings is 1. The molecule has 6 nitrogen and oxygen atoms in total. The van der Waals surface area contributed by atoms with E-state index in [9.17, 15) is 0 Å². The fourth-order valence-corrected chi connectivity index (χ4v) is 4.16. The van der Waals surface area contributed by atoms with Crippen molar-refractivity contribution in [3.05, 3.63) is 29.3 Å². The van der Waals surface area contributed by atoms with Crippen LogP contribution < -0.4 is 10.6 Å². The van der Waals surface area contributed by atoms with Crippen LogP contribution in [0.3, 0.4) is 0 Å². The van der Waals surface area contributed by atoms with E-state index in [2.05, 4.69) is 52.6 Å². The molecule has 0 radical (unpaired) electrons. The Balaban J connectivity index is 1.52. The van der Waals surface area contributed by atoms with Gasteiger partial charge in [0.25, 0.3) is 0 Å². The fraction of sp³-hybridized carbons (Fsp3) is 0.667. The lowest BCUT2D eigenvalue weighted by molar-refractivity contribution is 0.0924. The molecule has 2 heterocycles. The highest BCUT2D eigenvalue weighted by molar-refractivity contribution is 6.30. The Morgan fingerprint density at radius 3 is 2.18 bits per heavy atom. The van der Waals surface area contributed by atoms with E-state index < -0.39 is 0 Å². The predicted molar refractivity (Wildman–Crippen MR) is 119 cm³/mol. The normalized spacial score (nSPS) is 21.4. The van der Waals surface area contributed by atoms with Crippen molar-refractivity contribution in [1.29, 1.82) is 0 Å². The largest absolute Gasteiger partial charge is 0.370 e. The molecule has 1 atom stereocenters. The molecule has 1 unspecified atom stereocenters. The molecule has 28 heavy (non-hydrogen) atoms. The van der Waals surface area contributed by atoms with Gasteiger partial charge in [-0.15, -0.1) is 0 Å². The van der Waals surface area contributed by atoms with E-state index in [1.165, 1.54) is 5.69 Å². The molecule has 0 aliphatic carbocycles. The predicted octanol–water partition coefficient (Wildman–Crippen LogP) is 2.05. The Morgan fingerprint density at radius 1 is 1.00 bits per heavy atom. The third-order valence-electron chi connectivity index (χ3n) is 6.01. The first-order valence-corrected chi connectivity index (χ1v) is 10.8. The first-order valence-electron chi connectivity index (χ1n) is 10.4. The molecule has 0 bridgehead atoms. The lowest BCUT2D eigenvalue weighted by atomic mass is 10.0. The smallest absolute Gasteiger partial charge is 0.191 e. The fourth-order valence-electron chi connectivity index (χ4n) is 4.03. The lowest BCUT2D eigenvalue weighted by Crippen LogP contribution is -2.53. The zero-order valence-corrected chi connectivity index (χ0v) is 18.3. The second-order valence-corrected chi connectivity index (χ2v) is 8.74. The van der Waals surface area contributed by atoms with E-state index >= 15 is 0 Å². The summed E-state index contributed by atoms with van der Waals surface area (Å²) in [5.41, 5.74) is 7.58. The molecular formula is C21H35ClN6. The quantitative estimate of drug-likeness (QED) is 0.599. The Bertz CT molecular complexity index is 631. The summed E-state index contributed by atoms with van der Waals surface area (Å²) in [6.07, 6.45) is 0. The number of hydrogen-bond donors (Lipinski definition) is 1. The van der Waals surface area contributed by atoms with Crippen molar-refractivity contribution in [2.24, 2.45) is 16.6 Å². The molecule has 2 saturated heterocycles. The zero-order valence-electron chi connectivity index (χ0n) is 17.5. The summed E-state index contributed by atoms with van der Waals surface area (Å²) >= 11 is 6.00. The first-order chi connectivity index (χ1) is 13.4. The van der Waals surface area contributed by atoms with Crippen molar-refractivity contribution in [3.63, 3.8) is 0 Å². The van der Waals surface area contributed by atoms with E-state index in [0.29, 0.717) is 17.9 Å². The minimum absolute atomic E-state index is 0.461. The van der Waals surface area contributed by atoms with Gasteiger partial charge < -0.3 is 20.4 Å². The number of piperazine rings is 2. The number of nitrogens with zero attached hydrogens (tertiary/aromatic N) is 5. The number of rotatable bonds is 5. The van der Waals surface area contributed by atoms with Crippen molar-refractivity contribution in [2.75, 3.05) is 70.9 Å². The van der Waals surface area contributed by atoms with Gasteiger partial charge in [-0.1, -0.05) is 25.4 Å². The van der Waals surface area contributed by atoms with Crippen molar-refractivity contribution in [3.8, 4) is 0 Å². The van der Waals surface area contributed by atoms with E-state index in [0.717, 1.165) is 63.9 Å². The Kier molecular flexibility index (Phi) is 7.43. The molecule has 0 aromatic heterocycles. The third-order valence-corrected chi connectivity index (χ3v) is 6.26. The van der Waals surface area contributed by atoms with Crippen LogP contribution >= 0.6 is 11.6 Å². The van der Waals surface area contributed by atoms with E-state index in [4.69, 9.17) is 22.3 Å². The van der Waals surface area contributed by atoms with Gasteiger partial charge in [0.15, 0.2) is 5.96 Å². The minimum atomic E-state index is 0.461. The van der Waals surface area contributed by atoms with E-state index in [1.54, 1.807) is 0 Å². The van der Waals surface area contributed by atoms with Crippen LogP contribution in [0.2, 0.25) is 5.02 Å². The summed E-state index contributed by atoms with van der Waals surface area (Å²) in [4.78, 5) is 14.4. The molecule has 1 aromatic rings. The average Bonchev–Trinajstić information content (AvgIpc) is 2.70. The van der Waals surface area contributed by atoms with Gasteiger partial charge in [0.1, 0.15) is 0 Å². The first kappa shape index (κ1) is 21.2. The van der Waals surface area contributed by atoms with Gasteiger partial charge in [0.05, 0.1) is 6.54 Å².